The summed E-state index contributed by atoms with van der Waals surface area (Å²) in [6, 6.07) is 14.6. The van der Waals surface area contributed by atoms with Crippen LogP contribution in [0.5, 0.6) is 0 Å². The van der Waals surface area contributed by atoms with Gasteiger partial charge in [-0.1, -0.05) is 17.3 Å². The minimum atomic E-state index is -0.994. The average molecular weight is 359 g/mol. The van der Waals surface area contributed by atoms with E-state index < -0.39 is 5.97 Å². The van der Waals surface area contributed by atoms with Gasteiger partial charge in [-0.05, 0) is 48.9 Å². The lowest BCUT2D eigenvalue weighted by molar-refractivity contribution is 0.0697. The van der Waals surface area contributed by atoms with Gasteiger partial charge in [-0.3, -0.25) is 9.97 Å². The van der Waals surface area contributed by atoms with Crippen molar-refractivity contribution in [3.8, 4) is 11.3 Å². The zero-order valence-electron chi connectivity index (χ0n) is 14.7. The van der Waals surface area contributed by atoms with Crippen LogP contribution in [0, 0.1) is 6.92 Å². The molecule has 0 saturated heterocycles. The van der Waals surface area contributed by atoms with Crippen LogP contribution in [-0.2, 0) is 4.84 Å². The Morgan fingerprint density at radius 2 is 1.96 bits per heavy atom. The van der Waals surface area contributed by atoms with Crippen LogP contribution in [0.1, 0.15) is 39.7 Å². The van der Waals surface area contributed by atoms with Crippen LogP contribution in [0.3, 0.4) is 0 Å². The summed E-state index contributed by atoms with van der Waals surface area (Å²) in [5.74, 6) is -0.994. The third-order valence-corrected chi connectivity index (χ3v) is 4.41. The predicted molar refractivity (Wildman–Crippen MR) is 101 cm³/mol. The van der Waals surface area contributed by atoms with Crippen molar-refractivity contribution in [1.29, 1.82) is 0 Å². The molecule has 0 amide bonds. The standard InChI is InChI=1S/C21H17N3O3/c1-13-5-6-17(23-12-13)14-8-15(10-16(9-14)21(25)26)19-11-20(27-24-19)18-4-2-3-7-22-18/h2-10,12,20H,11H2,1H3,(H,25,26)/t20-/m1/s1. The summed E-state index contributed by atoms with van der Waals surface area (Å²) in [5, 5.41) is 13.7. The third-order valence-electron chi connectivity index (χ3n) is 4.41. The van der Waals surface area contributed by atoms with E-state index in [9.17, 15) is 9.90 Å². The molecule has 1 N–H and O–H groups in total. The van der Waals surface area contributed by atoms with Crippen LogP contribution in [0.2, 0.25) is 0 Å². The van der Waals surface area contributed by atoms with Crippen LogP contribution in [-0.4, -0.2) is 26.8 Å². The fraction of sp³-hybridized carbons (Fsp3) is 0.143. The van der Waals surface area contributed by atoms with Crippen LogP contribution in [0.25, 0.3) is 11.3 Å². The number of carboxylic acid groups (broad SMARTS) is 1. The Morgan fingerprint density at radius 1 is 1.11 bits per heavy atom. The van der Waals surface area contributed by atoms with Crippen molar-refractivity contribution < 1.29 is 14.7 Å². The molecule has 6 heteroatoms. The van der Waals surface area contributed by atoms with Crippen molar-refractivity contribution in [1.82, 2.24) is 9.97 Å². The molecule has 4 rings (SSSR count). The lowest BCUT2D eigenvalue weighted by Crippen LogP contribution is -2.06. The van der Waals surface area contributed by atoms with E-state index in [-0.39, 0.29) is 11.7 Å². The Bertz CT molecular complexity index is 1010. The first-order valence-corrected chi connectivity index (χ1v) is 8.55. The van der Waals surface area contributed by atoms with Gasteiger partial charge in [-0.25, -0.2) is 4.79 Å². The zero-order valence-corrected chi connectivity index (χ0v) is 14.7. The van der Waals surface area contributed by atoms with E-state index in [0.29, 0.717) is 23.4 Å². The summed E-state index contributed by atoms with van der Waals surface area (Å²) in [7, 11) is 0. The molecular formula is C21H17N3O3. The van der Waals surface area contributed by atoms with Crippen molar-refractivity contribution in [2.45, 2.75) is 19.4 Å². The number of rotatable bonds is 4. The lowest BCUT2D eigenvalue weighted by atomic mass is 9.97. The van der Waals surface area contributed by atoms with E-state index in [2.05, 4.69) is 15.1 Å². The summed E-state index contributed by atoms with van der Waals surface area (Å²) in [6.45, 7) is 1.96. The molecule has 1 aliphatic heterocycles. The van der Waals surface area contributed by atoms with E-state index in [4.69, 9.17) is 4.84 Å². The van der Waals surface area contributed by atoms with Crippen molar-refractivity contribution in [2.24, 2.45) is 5.16 Å². The van der Waals surface area contributed by atoms with Gasteiger partial charge in [0.05, 0.1) is 22.7 Å². The summed E-state index contributed by atoms with van der Waals surface area (Å²) in [4.78, 5) is 25.8. The van der Waals surface area contributed by atoms with Gasteiger partial charge in [-0.15, -0.1) is 0 Å². The monoisotopic (exact) mass is 359 g/mol. The largest absolute Gasteiger partial charge is 0.478 e. The van der Waals surface area contributed by atoms with E-state index in [0.717, 1.165) is 16.8 Å². The van der Waals surface area contributed by atoms with Crippen LogP contribution in [0.15, 0.2) is 66.1 Å². The van der Waals surface area contributed by atoms with Gasteiger partial charge < -0.3 is 9.94 Å². The summed E-state index contributed by atoms with van der Waals surface area (Å²) < 4.78 is 0. The molecule has 134 valence electrons. The number of aromatic carboxylic acids is 1. The van der Waals surface area contributed by atoms with Crippen LogP contribution in [0.4, 0.5) is 0 Å². The first-order chi connectivity index (χ1) is 13.1. The molecule has 0 unspecified atom stereocenters. The fourth-order valence-electron chi connectivity index (χ4n) is 2.98. The maximum absolute atomic E-state index is 11.6. The van der Waals surface area contributed by atoms with Gasteiger partial charge in [0.25, 0.3) is 0 Å². The van der Waals surface area contributed by atoms with E-state index in [1.165, 1.54) is 0 Å². The number of hydrogen-bond acceptors (Lipinski definition) is 5. The minimum absolute atomic E-state index is 0.189. The smallest absolute Gasteiger partial charge is 0.335 e. The normalized spacial score (nSPS) is 15.9. The molecule has 0 saturated carbocycles. The molecule has 0 fully saturated rings. The number of aromatic nitrogens is 2. The summed E-state index contributed by atoms with van der Waals surface area (Å²) >= 11 is 0. The molecule has 0 radical (unpaired) electrons. The van der Waals surface area contributed by atoms with Crippen molar-refractivity contribution >= 4 is 11.7 Å². The average Bonchev–Trinajstić information content (AvgIpc) is 3.19. The highest BCUT2D eigenvalue weighted by atomic mass is 16.6. The molecule has 1 aliphatic rings. The number of nitrogens with zero attached hydrogens (tertiary/aromatic N) is 3. The molecular weight excluding hydrogens is 342 g/mol. The predicted octanol–water partition coefficient (Wildman–Crippen LogP) is 4.02. The number of oxime groups is 1. The third kappa shape index (κ3) is 3.55. The topological polar surface area (TPSA) is 84.7 Å². The molecule has 0 spiro atoms. The lowest BCUT2D eigenvalue weighted by Gasteiger charge is -2.08. The van der Waals surface area contributed by atoms with E-state index in [1.807, 2.05) is 43.3 Å². The Balaban J connectivity index is 1.68. The molecule has 2 aromatic heterocycles. The highest BCUT2D eigenvalue weighted by molar-refractivity contribution is 6.04. The Labute approximate surface area is 156 Å². The molecule has 1 atom stereocenters. The van der Waals surface area contributed by atoms with E-state index >= 15 is 0 Å². The van der Waals surface area contributed by atoms with Gasteiger partial charge in [-0.2, -0.15) is 0 Å². The second-order valence-corrected chi connectivity index (χ2v) is 6.42. The minimum Gasteiger partial charge on any atom is -0.478 e. The summed E-state index contributed by atoms with van der Waals surface area (Å²) in [6.07, 6.45) is 3.73. The SMILES string of the molecule is Cc1ccc(-c2cc(C(=O)O)cc(C3=NO[C@@H](c4ccccn4)C3)c2)nc1. The summed E-state index contributed by atoms with van der Waals surface area (Å²) in [5.41, 5.74) is 4.88. The fourth-order valence-corrected chi connectivity index (χ4v) is 2.98. The highest BCUT2D eigenvalue weighted by Crippen LogP contribution is 2.30. The van der Waals surface area contributed by atoms with Gasteiger partial charge in [0.2, 0.25) is 0 Å². The number of pyridine rings is 2. The highest BCUT2D eigenvalue weighted by Gasteiger charge is 2.25. The van der Waals surface area contributed by atoms with Gasteiger partial charge >= 0.3 is 5.97 Å². The maximum atomic E-state index is 11.6. The Kier molecular flexibility index (Phi) is 4.38. The number of carbonyl (C=O) groups is 1. The number of hydrogen-bond donors (Lipinski definition) is 1. The van der Waals surface area contributed by atoms with Crippen LogP contribution >= 0.6 is 0 Å². The molecule has 6 nitrogen and oxygen atoms in total. The first-order valence-electron chi connectivity index (χ1n) is 8.55. The van der Waals surface area contributed by atoms with Gasteiger partial charge in [0.15, 0.2) is 6.10 Å². The van der Waals surface area contributed by atoms with Gasteiger partial charge in [0.1, 0.15) is 0 Å². The molecule has 0 aliphatic carbocycles. The molecule has 1 aromatic carbocycles. The first kappa shape index (κ1) is 16.9. The maximum Gasteiger partial charge on any atom is 0.335 e. The van der Waals surface area contributed by atoms with Crippen molar-refractivity contribution in [3.63, 3.8) is 0 Å². The molecule has 3 aromatic rings. The second kappa shape index (κ2) is 6.99. The number of aryl methyl sites for hydroxylation is 1. The van der Waals surface area contributed by atoms with Gasteiger partial charge in [0, 0.05) is 29.9 Å². The van der Waals surface area contributed by atoms with E-state index in [1.54, 1.807) is 24.5 Å². The van der Waals surface area contributed by atoms with Crippen LogP contribution < -0.4 is 0 Å². The molecule has 0 bridgehead atoms. The Morgan fingerprint density at radius 3 is 2.67 bits per heavy atom. The molecule has 3 heterocycles. The second-order valence-electron chi connectivity index (χ2n) is 6.42. The number of carboxylic acids is 1. The number of benzene rings is 1. The van der Waals surface area contributed by atoms with Crippen molar-refractivity contribution in [2.75, 3.05) is 0 Å². The molecule has 27 heavy (non-hydrogen) atoms. The Hall–Kier alpha value is -3.54. The zero-order chi connectivity index (χ0) is 18.8. The van der Waals surface area contributed by atoms with Crippen molar-refractivity contribution in [3.05, 3.63) is 83.3 Å². The quantitative estimate of drug-likeness (QED) is 0.761.